The molecule has 0 aliphatic rings. The molecular formula is C14H11F4NO3S. The summed E-state index contributed by atoms with van der Waals surface area (Å²) in [6.07, 6.45) is -1.33. The van der Waals surface area contributed by atoms with Gasteiger partial charge < -0.3 is 5.11 Å². The van der Waals surface area contributed by atoms with E-state index in [1.54, 1.807) is 0 Å². The topological polar surface area (TPSA) is 66.4 Å². The zero-order valence-electron chi connectivity index (χ0n) is 11.4. The van der Waals surface area contributed by atoms with Crippen molar-refractivity contribution in [1.29, 1.82) is 0 Å². The molecule has 0 amide bonds. The van der Waals surface area contributed by atoms with Gasteiger partial charge in [0.15, 0.2) is 17.5 Å². The lowest BCUT2D eigenvalue weighted by Crippen LogP contribution is -2.29. The maximum atomic E-state index is 13.5. The molecule has 9 heteroatoms. The highest BCUT2D eigenvalue weighted by Crippen LogP contribution is 2.20. The molecule has 0 aliphatic heterocycles. The Hall–Kier alpha value is -1.97. The van der Waals surface area contributed by atoms with Gasteiger partial charge >= 0.3 is 0 Å². The Labute approximate surface area is 129 Å². The van der Waals surface area contributed by atoms with Crippen LogP contribution >= 0.6 is 0 Å². The maximum Gasteiger partial charge on any atom is 0.243 e. The third-order valence-electron chi connectivity index (χ3n) is 3.01. The molecule has 2 aromatic rings. The number of aliphatic hydroxyl groups is 1. The standard InChI is InChI=1S/C14H11F4NO3S/c15-9-3-1-8(2-4-9)11(20)7-19-23(21,22)12-6-5-10(16)13(17)14(12)18/h1-6,11,19-20H,7H2. The summed E-state index contributed by atoms with van der Waals surface area (Å²) in [5, 5.41) is 9.81. The van der Waals surface area contributed by atoms with Crippen LogP contribution in [0.25, 0.3) is 0 Å². The van der Waals surface area contributed by atoms with Gasteiger partial charge in [-0.2, -0.15) is 0 Å². The fraction of sp³-hybridized carbons (Fsp3) is 0.143. The highest BCUT2D eigenvalue weighted by Gasteiger charge is 2.24. The van der Waals surface area contributed by atoms with E-state index in [1.807, 2.05) is 4.72 Å². The van der Waals surface area contributed by atoms with E-state index in [0.717, 1.165) is 12.1 Å². The fourth-order valence-electron chi connectivity index (χ4n) is 1.78. The second-order valence-corrected chi connectivity index (χ2v) is 6.33. The SMILES string of the molecule is O=S(=O)(NCC(O)c1ccc(F)cc1)c1ccc(F)c(F)c1F. The lowest BCUT2D eigenvalue weighted by Gasteiger charge is -2.13. The van der Waals surface area contributed by atoms with Gasteiger partial charge in [0.05, 0.1) is 6.10 Å². The summed E-state index contributed by atoms with van der Waals surface area (Å²) >= 11 is 0. The number of hydrogen-bond acceptors (Lipinski definition) is 3. The highest BCUT2D eigenvalue weighted by molar-refractivity contribution is 7.89. The summed E-state index contributed by atoms with van der Waals surface area (Å²) in [5.74, 6) is -5.82. The molecule has 0 saturated heterocycles. The van der Waals surface area contributed by atoms with Crippen LogP contribution < -0.4 is 4.72 Å². The lowest BCUT2D eigenvalue weighted by atomic mass is 10.1. The number of rotatable bonds is 5. The molecule has 4 nitrogen and oxygen atoms in total. The zero-order valence-corrected chi connectivity index (χ0v) is 12.2. The predicted octanol–water partition coefficient (Wildman–Crippen LogP) is 2.25. The molecule has 0 fully saturated rings. The van der Waals surface area contributed by atoms with Gasteiger partial charge in [0.25, 0.3) is 0 Å². The Morgan fingerprint density at radius 1 is 0.957 bits per heavy atom. The Kier molecular flexibility index (Phi) is 5.03. The Balaban J connectivity index is 2.16. The molecule has 23 heavy (non-hydrogen) atoms. The van der Waals surface area contributed by atoms with Gasteiger partial charge in [-0.3, -0.25) is 0 Å². The van der Waals surface area contributed by atoms with E-state index in [2.05, 4.69) is 0 Å². The smallest absolute Gasteiger partial charge is 0.243 e. The number of aliphatic hydroxyl groups excluding tert-OH is 1. The van der Waals surface area contributed by atoms with E-state index < -0.39 is 50.8 Å². The van der Waals surface area contributed by atoms with Gasteiger partial charge in [-0.1, -0.05) is 12.1 Å². The van der Waals surface area contributed by atoms with Crippen molar-refractivity contribution < 1.29 is 31.1 Å². The number of halogens is 4. The van der Waals surface area contributed by atoms with Gasteiger partial charge in [-0.15, -0.1) is 0 Å². The summed E-state index contributed by atoms with van der Waals surface area (Å²) < 4.78 is 77.8. The van der Waals surface area contributed by atoms with E-state index >= 15 is 0 Å². The molecule has 0 bridgehead atoms. The molecule has 2 aromatic carbocycles. The Morgan fingerprint density at radius 3 is 2.17 bits per heavy atom. The monoisotopic (exact) mass is 349 g/mol. The summed E-state index contributed by atoms with van der Waals surface area (Å²) in [6, 6.07) is 5.67. The summed E-state index contributed by atoms with van der Waals surface area (Å²) in [6.45, 7) is -0.563. The quantitative estimate of drug-likeness (QED) is 0.643. The van der Waals surface area contributed by atoms with Crippen molar-refractivity contribution in [2.24, 2.45) is 0 Å². The van der Waals surface area contributed by atoms with Crippen molar-refractivity contribution in [3.05, 3.63) is 65.2 Å². The molecule has 0 aromatic heterocycles. The lowest BCUT2D eigenvalue weighted by molar-refractivity contribution is 0.182. The van der Waals surface area contributed by atoms with E-state index in [4.69, 9.17) is 0 Å². The minimum absolute atomic E-state index is 0.222. The number of benzene rings is 2. The van der Waals surface area contributed by atoms with Crippen LogP contribution in [0.3, 0.4) is 0 Å². The number of nitrogens with one attached hydrogen (secondary N) is 1. The molecule has 0 aliphatic carbocycles. The summed E-state index contributed by atoms with van der Waals surface area (Å²) in [4.78, 5) is -1.08. The first-order valence-electron chi connectivity index (χ1n) is 6.29. The van der Waals surface area contributed by atoms with E-state index in [9.17, 15) is 31.1 Å². The minimum atomic E-state index is -4.51. The van der Waals surface area contributed by atoms with Crippen LogP contribution in [-0.4, -0.2) is 20.1 Å². The van der Waals surface area contributed by atoms with Crippen molar-refractivity contribution in [3.8, 4) is 0 Å². The normalized spacial score (nSPS) is 13.1. The molecule has 2 rings (SSSR count). The first kappa shape index (κ1) is 17.4. The Morgan fingerprint density at radius 2 is 1.57 bits per heavy atom. The van der Waals surface area contributed by atoms with E-state index in [-0.39, 0.29) is 5.56 Å². The third kappa shape index (κ3) is 3.87. The van der Waals surface area contributed by atoms with Crippen molar-refractivity contribution in [3.63, 3.8) is 0 Å². The Bertz CT molecular complexity index is 810. The zero-order chi connectivity index (χ0) is 17.2. The van der Waals surface area contributed by atoms with Crippen LogP contribution in [0.1, 0.15) is 11.7 Å². The average Bonchev–Trinajstić information content (AvgIpc) is 2.51. The highest BCUT2D eigenvalue weighted by atomic mass is 32.2. The van der Waals surface area contributed by atoms with Crippen molar-refractivity contribution in [2.45, 2.75) is 11.0 Å². The first-order valence-corrected chi connectivity index (χ1v) is 7.77. The van der Waals surface area contributed by atoms with Crippen LogP contribution in [0.15, 0.2) is 41.3 Å². The third-order valence-corrected chi connectivity index (χ3v) is 4.45. The van der Waals surface area contributed by atoms with E-state index in [0.29, 0.717) is 12.1 Å². The van der Waals surface area contributed by atoms with Crippen LogP contribution in [-0.2, 0) is 10.0 Å². The largest absolute Gasteiger partial charge is 0.387 e. The van der Waals surface area contributed by atoms with Crippen LogP contribution in [0, 0.1) is 23.3 Å². The van der Waals surface area contributed by atoms with Gasteiger partial charge in [-0.25, -0.2) is 30.7 Å². The first-order chi connectivity index (χ1) is 10.7. The molecule has 2 N–H and O–H groups in total. The second kappa shape index (κ2) is 6.65. The average molecular weight is 349 g/mol. The van der Waals surface area contributed by atoms with Gasteiger partial charge in [0, 0.05) is 6.54 Å². The van der Waals surface area contributed by atoms with Gasteiger partial charge in [-0.05, 0) is 29.8 Å². The number of sulfonamides is 1. The molecule has 1 unspecified atom stereocenters. The molecule has 0 spiro atoms. The van der Waals surface area contributed by atoms with Crippen LogP contribution in [0.5, 0.6) is 0 Å². The van der Waals surface area contributed by atoms with Crippen LogP contribution in [0.4, 0.5) is 17.6 Å². The molecule has 0 saturated carbocycles. The summed E-state index contributed by atoms with van der Waals surface area (Å²) in [7, 11) is -4.51. The van der Waals surface area contributed by atoms with Gasteiger partial charge in [0.1, 0.15) is 10.7 Å². The maximum absolute atomic E-state index is 13.5. The number of hydrogen-bond donors (Lipinski definition) is 2. The summed E-state index contributed by atoms with van der Waals surface area (Å²) in [5.41, 5.74) is 0.222. The molecule has 0 radical (unpaired) electrons. The predicted molar refractivity (Wildman–Crippen MR) is 72.9 cm³/mol. The van der Waals surface area contributed by atoms with Crippen molar-refractivity contribution in [1.82, 2.24) is 4.72 Å². The van der Waals surface area contributed by atoms with Crippen molar-refractivity contribution in [2.75, 3.05) is 6.54 Å². The molecule has 1 atom stereocenters. The van der Waals surface area contributed by atoms with Crippen molar-refractivity contribution >= 4 is 10.0 Å². The van der Waals surface area contributed by atoms with Gasteiger partial charge in [0.2, 0.25) is 10.0 Å². The molecular weight excluding hydrogens is 338 g/mol. The van der Waals surface area contributed by atoms with Crippen LogP contribution in [0.2, 0.25) is 0 Å². The molecule has 0 heterocycles. The second-order valence-electron chi connectivity index (χ2n) is 4.59. The molecule has 124 valence electrons. The minimum Gasteiger partial charge on any atom is -0.387 e. The fourth-order valence-corrected chi connectivity index (χ4v) is 2.89. The van der Waals surface area contributed by atoms with E-state index in [1.165, 1.54) is 12.1 Å².